The summed E-state index contributed by atoms with van der Waals surface area (Å²) < 4.78 is 29.1. The molecule has 0 spiro atoms. The summed E-state index contributed by atoms with van der Waals surface area (Å²) in [6.45, 7) is 2.52. The van der Waals surface area contributed by atoms with E-state index in [1.807, 2.05) is 31.2 Å². The summed E-state index contributed by atoms with van der Waals surface area (Å²) >= 11 is 3.31. The number of carbonyl (C=O) groups excluding carboxylic acids is 1. The number of aromatic nitrogens is 2. The highest BCUT2D eigenvalue weighted by Crippen LogP contribution is 2.22. The molecule has 7 heteroatoms. The molecule has 0 aliphatic carbocycles. The standard InChI is InChI=1S/C18H14BrF2N3O/c1-11-3-2-4-12(7-11)9-24-10-15(19)17(23-24)22-18(25)14-8-13(20)5-6-16(14)21/h2-8,10H,9H2,1H3,(H,22,23,25). The highest BCUT2D eigenvalue weighted by atomic mass is 79.9. The molecule has 0 aliphatic rings. The minimum atomic E-state index is -0.797. The molecule has 3 aromatic rings. The van der Waals surface area contributed by atoms with Crippen molar-refractivity contribution in [1.82, 2.24) is 9.78 Å². The van der Waals surface area contributed by atoms with Gasteiger partial charge in [0.05, 0.1) is 16.6 Å². The van der Waals surface area contributed by atoms with Crippen LogP contribution >= 0.6 is 15.9 Å². The number of anilines is 1. The number of carbonyl (C=O) groups is 1. The summed E-state index contributed by atoms with van der Waals surface area (Å²) in [6, 6.07) is 10.7. The van der Waals surface area contributed by atoms with Gasteiger partial charge < -0.3 is 5.32 Å². The van der Waals surface area contributed by atoms with E-state index in [9.17, 15) is 13.6 Å². The third kappa shape index (κ3) is 4.11. The number of aryl methyl sites for hydroxylation is 1. The fourth-order valence-electron chi connectivity index (χ4n) is 2.41. The number of hydrogen-bond donors (Lipinski definition) is 1. The number of amides is 1. The summed E-state index contributed by atoms with van der Waals surface area (Å²) in [7, 11) is 0. The van der Waals surface area contributed by atoms with Gasteiger partial charge in [0.2, 0.25) is 0 Å². The third-order valence-electron chi connectivity index (χ3n) is 3.55. The maximum atomic E-state index is 13.7. The van der Waals surface area contributed by atoms with Crippen LogP contribution in [0.5, 0.6) is 0 Å². The molecule has 1 aromatic heterocycles. The maximum absolute atomic E-state index is 13.7. The molecule has 25 heavy (non-hydrogen) atoms. The fourth-order valence-corrected chi connectivity index (χ4v) is 2.82. The molecule has 0 radical (unpaired) electrons. The molecule has 1 heterocycles. The van der Waals surface area contributed by atoms with Crippen molar-refractivity contribution in [3.05, 3.63) is 81.5 Å². The minimum absolute atomic E-state index is 0.237. The molecule has 0 aliphatic heterocycles. The normalized spacial score (nSPS) is 10.7. The Morgan fingerprint density at radius 2 is 2.04 bits per heavy atom. The lowest BCUT2D eigenvalue weighted by atomic mass is 10.1. The van der Waals surface area contributed by atoms with Crippen molar-refractivity contribution in [2.75, 3.05) is 5.32 Å². The summed E-state index contributed by atoms with van der Waals surface area (Å²) in [5, 5.41) is 6.76. The lowest BCUT2D eigenvalue weighted by molar-refractivity contribution is 0.102. The zero-order valence-corrected chi connectivity index (χ0v) is 14.8. The maximum Gasteiger partial charge on any atom is 0.259 e. The molecule has 0 saturated carbocycles. The monoisotopic (exact) mass is 405 g/mol. The first kappa shape index (κ1) is 17.3. The molecule has 128 valence electrons. The molecular weight excluding hydrogens is 392 g/mol. The van der Waals surface area contributed by atoms with E-state index in [0.29, 0.717) is 11.0 Å². The quantitative estimate of drug-likeness (QED) is 0.692. The van der Waals surface area contributed by atoms with Crippen LogP contribution in [0, 0.1) is 18.6 Å². The lowest BCUT2D eigenvalue weighted by Gasteiger charge is -2.05. The summed E-state index contributed by atoms with van der Waals surface area (Å²) in [4.78, 5) is 12.2. The minimum Gasteiger partial charge on any atom is -0.304 e. The van der Waals surface area contributed by atoms with Gasteiger partial charge in [-0.1, -0.05) is 29.8 Å². The van der Waals surface area contributed by atoms with Crippen molar-refractivity contribution in [3.63, 3.8) is 0 Å². The van der Waals surface area contributed by atoms with Crippen LogP contribution in [0.25, 0.3) is 0 Å². The van der Waals surface area contributed by atoms with Gasteiger partial charge >= 0.3 is 0 Å². The molecule has 2 aromatic carbocycles. The van der Waals surface area contributed by atoms with Gasteiger partial charge in [-0.25, -0.2) is 8.78 Å². The first-order valence-corrected chi connectivity index (χ1v) is 8.26. The van der Waals surface area contributed by atoms with Crippen LogP contribution in [0.2, 0.25) is 0 Å². The molecule has 0 saturated heterocycles. The van der Waals surface area contributed by atoms with Gasteiger partial charge in [-0.15, -0.1) is 0 Å². The van der Waals surface area contributed by atoms with Crippen molar-refractivity contribution >= 4 is 27.7 Å². The van der Waals surface area contributed by atoms with Crippen LogP contribution < -0.4 is 5.32 Å². The Kier molecular flexibility index (Phi) is 4.94. The molecule has 1 amide bonds. The van der Waals surface area contributed by atoms with Gasteiger partial charge in [0, 0.05) is 6.20 Å². The van der Waals surface area contributed by atoms with Gasteiger partial charge in [0.1, 0.15) is 11.6 Å². The Morgan fingerprint density at radius 3 is 2.80 bits per heavy atom. The average molecular weight is 406 g/mol. The van der Waals surface area contributed by atoms with Crippen molar-refractivity contribution in [1.29, 1.82) is 0 Å². The van der Waals surface area contributed by atoms with E-state index >= 15 is 0 Å². The van der Waals surface area contributed by atoms with Crippen LogP contribution in [0.4, 0.5) is 14.6 Å². The number of rotatable bonds is 4. The SMILES string of the molecule is Cc1cccc(Cn2cc(Br)c(NC(=O)c3cc(F)ccc3F)n2)c1. The van der Waals surface area contributed by atoms with E-state index in [0.717, 1.165) is 29.3 Å². The second-order valence-corrected chi connectivity index (χ2v) is 6.44. The molecular formula is C18H14BrF2N3O. The number of halogens is 3. The Labute approximate surface area is 151 Å². The zero-order chi connectivity index (χ0) is 18.0. The van der Waals surface area contributed by atoms with E-state index in [1.165, 1.54) is 0 Å². The van der Waals surface area contributed by atoms with Crippen LogP contribution in [0.1, 0.15) is 21.5 Å². The predicted octanol–water partition coefficient (Wildman–Crippen LogP) is 4.53. The molecule has 0 atom stereocenters. The topological polar surface area (TPSA) is 46.9 Å². The van der Waals surface area contributed by atoms with Crippen molar-refractivity contribution in [2.24, 2.45) is 0 Å². The van der Waals surface area contributed by atoms with Gasteiger partial charge in [0.15, 0.2) is 5.82 Å². The van der Waals surface area contributed by atoms with Crippen LogP contribution in [-0.2, 0) is 6.54 Å². The highest BCUT2D eigenvalue weighted by Gasteiger charge is 2.16. The van der Waals surface area contributed by atoms with Gasteiger partial charge in [0.25, 0.3) is 5.91 Å². The second-order valence-electron chi connectivity index (χ2n) is 5.59. The summed E-state index contributed by atoms with van der Waals surface area (Å²) in [5.41, 5.74) is 1.82. The molecule has 1 N–H and O–H groups in total. The van der Waals surface area contributed by atoms with Gasteiger partial charge in [-0.05, 0) is 46.6 Å². The molecule has 4 nitrogen and oxygen atoms in total. The Bertz CT molecular complexity index is 940. The van der Waals surface area contributed by atoms with E-state index in [-0.39, 0.29) is 11.4 Å². The van der Waals surface area contributed by atoms with Crippen LogP contribution in [-0.4, -0.2) is 15.7 Å². The number of nitrogens with one attached hydrogen (secondary N) is 1. The van der Waals surface area contributed by atoms with E-state index < -0.39 is 17.5 Å². The first-order valence-electron chi connectivity index (χ1n) is 7.47. The van der Waals surface area contributed by atoms with Gasteiger partial charge in [-0.3, -0.25) is 9.48 Å². The third-order valence-corrected chi connectivity index (χ3v) is 4.13. The number of hydrogen-bond acceptors (Lipinski definition) is 2. The predicted molar refractivity (Wildman–Crippen MR) is 94.5 cm³/mol. The van der Waals surface area contributed by atoms with Crippen molar-refractivity contribution in [3.8, 4) is 0 Å². The lowest BCUT2D eigenvalue weighted by Crippen LogP contribution is -2.15. The first-order chi connectivity index (χ1) is 11.9. The molecule has 0 unspecified atom stereocenters. The van der Waals surface area contributed by atoms with Gasteiger partial charge in [-0.2, -0.15) is 5.10 Å². The van der Waals surface area contributed by atoms with E-state index in [1.54, 1.807) is 10.9 Å². The fraction of sp³-hybridized carbons (Fsp3) is 0.111. The Morgan fingerprint density at radius 1 is 1.24 bits per heavy atom. The van der Waals surface area contributed by atoms with E-state index in [2.05, 4.69) is 26.3 Å². The Hall–Kier alpha value is -2.54. The second kappa shape index (κ2) is 7.14. The smallest absolute Gasteiger partial charge is 0.259 e. The molecule has 0 fully saturated rings. The average Bonchev–Trinajstić information content (AvgIpc) is 2.89. The summed E-state index contributed by atoms with van der Waals surface area (Å²) in [6.07, 6.45) is 1.71. The van der Waals surface area contributed by atoms with E-state index in [4.69, 9.17) is 0 Å². The van der Waals surface area contributed by atoms with Crippen molar-refractivity contribution in [2.45, 2.75) is 13.5 Å². The van der Waals surface area contributed by atoms with Crippen LogP contribution in [0.15, 0.2) is 53.1 Å². The molecule has 0 bridgehead atoms. The van der Waals surface area contributed by atoms with Crippen molar-refractivity contribution < 1.29 is 13.6 Å². The zero-order valence-electron chi connectivity index (χ0n) is 13.3. The largest absolute Gasteiger partial charge is 0.304 e. The number of benzene rings is 2. The summed E-state index contributed by atoms with van der Waals surface area (Å²) in [5.74, 6) is -2.01. The van der Waals surface area contributed by atoms with Crippen LogP contribution in [0.3, 0.4) is 0 Å². The Balaban J connectivity index is 1.78. The number of nitrogens with zero attached hydrogens (tertiary/aromatic N) is 2. The highest BCUT2D eigenvalue weighted by molar-refractivity contribution is 9.10. The molecule has 3 rings (SSSR count).